The topological polar surface area (TPSA) is 109 Å². The first-order valence-electron chi connectivity index (χ1n) is 13.9. The first-order valence-corrected chi connectivity index (χ1v) is 16.1. The molecule has 10 heteroatoms. The summed E-state index contributed by atoms with van der Waals surface area (Å²) >= 11 is 0. The number of carbonyl (C=O) groups excluding carboxylic acids is 1. The summed E-state index contributed by atoms with van der Waals surface area (Å²) in [7, 11) is -2.28. The zero-order valence-electron chi connectivity index (χ0n) is 24.7. The van der Waals surface area contributed by atoms with Gasteiger partial charge in [0.15, 0.2) is 14.5 Å². The number of anilines is 1. The lowest BCUT2D eigenvalue weighted by Crippen LogP contribution is -2.62. The quantitative estimate of drug-likeness (QED) is 0.308. The maximum absolute atomic E-state index is 13.0. The summed E-state index contributed by atoms with van der Waals surface area (Å²) in [4.78, 5) is 32.0. The minimum atomic E-state index is -2.28. The number of nitrogen functional groups attached to an aromatic ring is 1. The highest BCUT2D eigenvalue weighted by molar-refractivity contribution is 6.77. The molecule has 2 aromatic rings. The van der Waals surface area contributed by atoms with Gasteiger partial charge in [0.25, 0.3) is 0 Å². The van der Waals surface area contributed by atoms with E-state index in [0.29, 0.717) is 35.3 Å². The number of benzene rings is 1. The SMILES string of the molecule is CC(C)N1C[C@H](n2ccc(N)nc2=O)O[C@@](COC(=O)c2ccccc2)(CO[Si](C(C)C)(C(C)C)C(C)C)C1. The number of carbonyl (C=O) groups is 1. The second-order valence-electron chi connectivity index (χ2n) is 11.9. The van der Waals surface area contributed by atoms with Crippen LogP contribution in [0, 0.1) is 0 Å². The van der Waals surface area contributed by atoms with Gasteiger partial charge >= 0.3 is 11.7 Å². The van der Waals surface area contributed by atoms with Crippen molar-refractivity contribution in [2.45, 2.75) is 89.9 Å². The van der Waals surface area contributed by atoms with E-state index >= 15 is 0 Å². The van der Waals surface area contributed by atoms with Crippen LogP contribution >= 0.6 is 0 Å². The molecule has 0 aliphatic carbocycles. The molecule has 1 aromatic heterocycles. The average Bonchev–Trinajstić information content (AvgIpc) is 2.87. The van der Waals surface area contributed by atoms with Gasteiger partial charge in [-0.05, 0) is 48.7 Å². The van der Waals surface area contributed by atoms with E-state index < -0.39 is 31.8 Å². The van der Waals surface area contributed by atoms with Crippen LogP contribution in [0.3, 0.4) is 0 Å². The number of nitrogens with zero attached hydrogens (tertiary/aromatic N) is 3. The molecule has 3 rings (SSSR count). The van der Waals surface area contributed by atoms with Crippen LogP contribution in [0.1, 0.15) is 72.0 Å². The molecule has 1 saturated heterocycles. The molecule has 2 atom stereocenters. The van der Waals surface area contributed by atoms with Gasteiger partial charge in [0.05, 0.1) is 12.2 Å². The molecule has 216 valence electrons. The predicted octanol–water partition coefficient (Wildman–Crippen LogP) is 4.85. The number of aromatic nitrogens is 2. The smallest absolute Gasteiger partial charge is 0.351 e. The van der Waals surface area contributed by atoms with Crippen molar-refractivity contribution in [2.24, 2.45) is 0 Å². The summed E-state index contributed by atoms with van der Waals surface area (Å²) in [5.41, 5.74) is 5.83. The first kappa shape index (κ1) is 31.0. The molecule has 0 bridgehead atoms. The van der Waals surface area contributed by atoms with Crippen LogP contribution in [0.25, 0.3) is 0 Å². The molecule has 2 N–H and O–H groups in total. The lowest BCUT2D eigenvalue weighted by molar-refractivity contribution is -0.217. The molecule has 1 fully saturated rings. The number of morpholine rings is 1. The Morgan fingerprint density at radius 2 is 1.67 bits per heavy atom. The summed E-state index contributed by atoms with van der Waals surface area (Å²) in [6.07, 6.45) is 0.949. The van der Waals surface area contributed by atoms with E-state index in [1.165, 1.54) is 4.57 Å². The average molecular weight is 559 g/mol. The molecule has 0 amide bonds. The Morgan fingerprint density at radius 1 is 1.05 bits per heavy atom. The summed E-state index contributed by atoms with van der Waals surface area (Å²) in [6.45, 7) is 18.8. The Bertz CT molecular complexity index is 1130. The maximum atomic E-state index is 13.0. The Morgan fingerprint density at radius 3 is 2.21 bits per heavy atom. The van der Waals surface area contributed by atoms with Crippen LogP contribution in [0.15, 0.2) is 47.4 Å². The minimum Gasteiger partial charge on any atom is -0.459 e. The van der Waals surface area contributed by atoms with E-state index in [0.717, 1.165) is 0 Å². The van der Waals surface area contributed by atoms with Gasteiger partial charge in [-0.1, -0.05) is 59.7 Å². The lowest BCUT2D eigenvalue weighted by atomic mass is 10.0. The fourth-order valence-electron chi connectivity index (χ4n) is 5.99. The summed E-state index contributed by atoms with van der Waals surface area (Å²) in [5.74, 6) is -0.274. The maximum Gasteiger partial charge on any atom is 0.351 e. The fourth-order valence-corrected chi connectivity index (χ4v) is 11.5. The van der Waals surface area contributed by atoms with Crippen molar-refractivity contribution in [3.8, 4) is 0 Å². The minimum absolute atomic E-state index is 0.0175. The molecule has 0 saturated carbocycles. The number of hydrogen-bond acceptors (Lipinski definition) is 8. The van der Waals surface area contributed by atoms with E-state index in [9.17, 15) is 9.59 Å². The van der Waals surface area contributed by atoms with Crippen molar-refractivity contribution in [1.82, 2.24) is 14.5 Å². The van der Waals surface area contributed by atoms with Crippen molar-refractivity contribution in [2.75, 3.05) is 32.0 Å². The highest BCUT2D eigenvalue weighted by Gasteiger charge is 2.50. The third-order valence-electron chi connectivity index (χ3n) is 7.93. The number of esters is 1. The number of rotatable bonds is 11. The molecule has 39 heavy (non-hydrogen) atoms. The molecule has 9 nitrogen and oxygen atoms in total. The summed E-state index contributed by atoms with van der Waals surface area (Å²) in [6, 6.07) is 10.7. The third-order valence-corrected chi connectivity index (χ3v) is 14.0. The van der Waals surface area contributed by atoms with Gasteiger partial charge in [-0.15, -0.1) is 0 Å². The lowest BCUT2D eigenvalue weighted by Gasteiger charge is -2.50. The zero-order chi connectivity index (χ0) is 29.0. The molecular formula is C29H46N4O5Si. The fraction of sp³-hybridized carbons (Fsp3) is 0.621. The monoisotopic (exact) mass is 558 g/mol. The van der Waals surface area contributed by atoms with E-state index in [2.05, 4.69) is 65.3 Å². The van der Waals surface area contributed by atoms with Gasteiger partial charge in [0.2, 0.25) is 0 Å². The van der Waals surface area contributed by atoms with Gasteiger partial charge in [0, 0.05) is 25.3 Å². The highest BCUT2D eigenvalue weighted by Crippen LogP contribution is 2.43. The number of hydrogen-bond donors (Lipinski definition) is 1. The van der Waals surface area contributed by atoms with Crippen LogP contribution in [0.5, 0.6) is 0 Å². The van der Waals surface area contributed by atoms with Gasteiger partial charge in [0.1, 0.15) is 18.0 Å². The van der Waals surface area contributed by atoms with E-state index in [-0.39, 0.29) is 25.1 Å². The van der Waals surface area contributed by atoms with Gasteiger partial charge < -0.3 is 19.6 Å². The number of ether oxygens (including phenoxy) is 2. The number of nitrogens with two attached hydrogens (primary N) is 1. The molecule has 1 aliphatic rings. The zero-order valence-corrected chi connectivity index (χ0v) is 25.7. The van der Waals surface area contributed by atoms with E-state index in [4.69, 9.17) is 19.6 Å². The van der Waals surface area contributed by atoms with Crippen molar-refractivity contribution < 1.29 is 18.7 Å². The van der Waals surface area contributed by atoms with Crippen LogP contribution in [-0.4, -0.2) is 66.7 Å². The standard InChI is InChI=1S/C29H46N4O5Si/c1-20(2)32-16-26(33-15-14-25(30)31-28(33)35)38-29(17-32,18-36-27(34)24-12-10-9-11-13-24)19-37-39(21(3)4,22(5)6)23(7)8/h9-15,20-23,26H,16-19H2,1-8H3,(H2,30,31,35)/t26-,29+/m1/s1. The largest absolute Gasteiger partial charge is 0.459 e. The Kier molecular flexibility index (Phi) is 10.1. The van der Waals surface area contributed by atoms with Crippen LogP contribution in [0.2, 0.25) is 16.6 Å². The normalized spacial score (nSPS) is 20.8. The Balaban J connectivity index is 2.02. The van der Waals surface area contributed by atoms with Gasteiger partial charge in [-0.2, -0.15) is 4.98 Å². The molecule has 1 aliphatic heterocycles. The van der Waals surface area contributed by atoms with Gasteiger partial charge in [-0.3, -0.25) is 9.47 Å². The van der Waals surface area contributed by atoms with Gasteiger partial charge in [-0.25, -0.2) is 9.59 Å². The molecule has 1 aromatic carbocycles. The summed E-state index contributed by atoms with van der Waals surface area (Å²) < 4.78 is 21.1. The second-order valence-corrected chi connectivity index (χ2v) is 17.3. The van der Waals surface area contributed by atoms with Crippen molar-refractivity contribution >= 4 is 20.1 Å². The molecule has 2 heterocycles. The molecule has 0 unspecified atom stereocenters. The van der Waals surface area contributed by atoms with E-state index in [1.54, 1.807) is 36.5 Å². The molecule has 0 spiro atoms. The molecular weight excluding hydrogens is 512 g/mol. The van der Waals surface area contributed by atoms with Crippen molar-refractivity contribution in [1.29, 1.82) is 0 Å². The first-order chi connectivity index (χ1) is 18.3. The highest BCUT2D eigenvalue weighted by atomic mass is 28.4. The predicted molar refractivity (Wildman–Crippen MR) is 156 cm³/mol. The molecule has 0 radical (unpaired) electrons. The van der Waals surface area contributed by atoms with Crippen LogP contribution in [0.4, 0.5) is 5.82 Å². The third kappa shape index (κ3) is 6.97. The van der Waals surface area contributed by atoms with Crippen LogP contribution < -0.4 is 11.4 Å². The van der Waals surface area contributed by atoms with Crippen LogP contribution in [-0.2, 0) is 13.9 Å². The van der Waals surface area contributed by atoms with E-state index in [1.807, 2.05) is 6.07 Å². The Labute approximate surface area is 233 Å². The summed E-state index contributed by atoms with van der Waals surface area (Å²) in [5, 5.41) is 0. The Hall–Kier alpha value is -2.53. The second kappa shape index (κ2) is 12.8. The van der Waals surface area contributed by atoms with Crippen molar-refractivity contribution in [3.63, 3.8) is 0 Å². The van der Waals surface area contributed by atoms with Crippen molar-refractivity contribution in [3.05, 3.63) is 58.6 Å².